The zero-order valence-corrected chi connectivity index (χ0v) is 20.0. The van der Waals surface area contributed by atoms with E-state index < -0.39 is 18.1 Å². The molecule has 0 spiro atoms. The third kappa shape index (κ3) is 18.3. The second-order valence-corrected chi connectivity index (χ2v) is 14.4. The van der Waals surface area contributed by atoms with Gasteiger partial charge in [-0.15, -0.1) is 6.42 Å². The Morgan fingerprint density at radius 2 is 1.23 bits per heavy atom. The molecule has 0 unspecified atom stereocenters. The van der Waals surface area contributed by atoms with Crippen LogP contribution in [0.1, 0.15) is 6.42 Å². The minimum Gasteiger partial charge on any atom is -0.380 e. The van der Waals surface area contributed by atoms with Gasteiger partial charge in [0.25, 0.3) is 10.0 Å². The normalized spacial score (nSPS) is 8.77. The summed E-state index contributed by atoms with van der Waals surface area (Å²) in [6.45, 7) is 8.11. The number of terminal acetylenes is 1. The third-order valence-electron chi connectivity index (χ3n) is 3.18. The first-order chi connectivity index (χ1) is 14.7. The summed E-state index contributed by atoms with van der Waals surface area (Å²) < 4.78 is 30.7. The molecule has 0 aromatic heterocycles. The van der Waals surface area contributed by atoms with Gasteiger partial charge in [0, 0.05) is 40.1 Å². The van der Waals surface area contributed by atoms with Crippen LogP contribution in [0.25, 0.3) is 0 Å². The number of likely N-dealkylation sites (N-methyl/N-ethyl adjacent to an activating group) is 1. The van der Waals surface area contributed by atoms with Crippen molar-refractivity contribution in [1.82, 2.24) is 4.31 Å². The highest BCUT2D eigenvalue weighted by Crippen LogP contribution is 2.10. The van der Waals surface area contributed by atoms with Crippen molar-refractivity contribution in [3.05, 3.63) is 0 Å². The molecule has 0 bridgehead atoms. The van der Waals surface area contributed by atoms with E-state index in [0.717, 1.165) is 10.7 Å². The van der Waals surface area contributed by atoms with Gasteiger partial charge in [0.05, 0.1) is 11.9 Å². The van der Waals surface area contributed by atoms with Gasteiger partial charge in [-0.2, -0.15) is 12.7 Å². The molecule has 6 heteroatoms. The van der Waals surface area contributed by atoms with E-state index in [4.69, 9.17) is 11.2 Å². The molecule has 0 saturated heterocycles. The Bertz CT molecular complexity index is 1200. The predicted octanol–water partition coefficient (Wildman–Crippen LogP) is 1.61. The smallest absolute Gasteiger partial charge is 0.283 e. The summed E-state index contributed by atoms with van der Waals surface area (Å²) in [7, 11) is -3.34. The van der Waals surface area contributed by atoms with Crippen LogP contribution in [0.5, 0.6) is 0 Å². The van der Waals surface area contributed by atoms with E-state index in [0.29, 0.717) is 13.2 Å². The van der Waals surface area contributed by atoms with Gasteiger partial charge in [0.1, 0.15) is 0 Å². The van der Waals surface area contributed by atoms with Gasteiger partial charge in [-0.3, -0.25) is 0 Å². The van der Waals surface area contributed by atoms with Crippen molar-refractivity contribution in [1.29, 1.82) is 0 Å². The first-order valence-corrected chi connectivity index (χ1v) is 14.4. The third-order valence-corrected chi connectivity index (χ3v) is 6.40. The van der Waals surface area contributed by atoms with Crippen LogP contribution in [0.15, 0.2) is 0 Å². The van der Waals surface area contributed by atoms with Crippen molar-refractivity contribution < 1.29 is 13.2 Å². The van der Waals surface area contributed by atoms with Crippen LogP contribution in [0, 0.1) is 94.6 Å². The molecule has 0 amide bonds. The van der Waals surface area contributed by atoms with E-state index in [2.05, 4.69) is 108 Å². The van der Waals surface area contributed by atoms with E-state index >= 15 is 0 Å². The summed E-state index contributed by atoms with van der Waals surface area (Å²) in [5, 5.41) is 2.13. The Labute approximate surface area is 189 Å². The Kier molecular flexibility index (Phi) is 14.6. The van der Waals surface area contributed by atoms with Gasteiger partial charge < -0.3 is 4.74 Å². The Hall–Kier alpha value is -3.43. The quantitative estimate of drug-likeness (QED) is 0.324. The van der Waals surface area contributed by atoms with Gasteiger partial charge in [-0.25, -0.2) is 0 Å². The average Bonchev–Trinajstić information content (AvgIpc) is 2.69. The number of hydrogen-bond acceptors (Lipinski definition) is 3. The minimum atomic E-state index is -3.72. The number of rotatable bonds is 8. The molecule has 4 nitrogen and oxygen atoms in total. The molecule has 0 aliphatic rings. The van der Waals surface area contributed by atoms with Gasteiger partial charge >= 0.3 is 0 Å². The Morgan fingerprint density at radius 3 is 1.68 bits per heavy atom. The molecule has 156 valence electrons. The van der Waals surface area contributed by atoms with Crippen LogP contribution >= 0.6 is 0 Å². The highest BCUT2D eigenvalue weighted by atomic mass is 32.2. The summed E-state index contributed by atoms with van der Waals surface area (Å²) in [5.74, 6) is 33.4. The van der Waals surface area contributed by atoms with E-state index in [9.17, 15) is 8.42 Å². The number of hydrogen-bond donors (Lipinski definition) is 0. The lowest BCUT2D eigenvalue weighted by Gasteiger charge is -2.16. The summed E-state index contributed by atoms with van der Waals surface area (Å²) >= 11 is 0. The lowest BCUT2D eigenvalue weighted by Crippen LogP contribution is -2.29. The monoisotopic (exact) mass is 445 g/mol. The van der Waals surface area contributed by atoms with Crippen molar-refractivity contribution in [2.45, 2.75) is 32.1 Å². The summed E-state index contributed by atoms with van der Waals surface area (Å²) in [6.07, 6.45) is 5.92. The maximum Gasteiger partial charge on any atom is 0.283 e. The molecule has 0 radical (unpaired) electrons. The molecule has 0 aliphatic carbocycles. The predicted molar refractivity (Wildman–Crippen MR) is 128 cm³/mol. The zero-order chi connectivity index (χ0) is 23.4. The van der Waals surface area contributed by atoms with Crippen LogP contribution in [-0.4, -0.2) is 47.6 Å². The fourth-order valence-corrected chi connectivity index (χ4v) is 3.52. The largest absolute Gasteiger partial charge is 0.380 e. The molecule has 0 rings (SSSR count). The van der Waals surface area contributed by atoms with Crippen molar-refractivity contribution >= 4 is 18.1 Å². The summed E-state index contributed by atoms with van der Waals surface area (Å²) in [4.78, 5) is 0. The first-order valence-electron chi connectivity index (χ1n) is 9.20. The Morgan fingerprint density at radius 1 is 0.774 bits per heavy atom. The molecular weight excluding hydrogens is 422 g/mol. The van der Waals surface area contributed by atoms with E-state index in [1.54, 1.807) is 0 Å². The van der Waals surface area contributed by atoms with Crippen molar-refractivity contribution in [2.24, 2.45) is 0 Å². The van der Waals surface area contributed by atoms with Crippen molar-refractivity contribution in [3.8, 4) is 94.6 Å². The standard InChI is InChI=1S/C25H23NO3SSi/c1-6-7-8-9-10-11-12-13-14-15-16-17-18-19-24-30(27,28)26(2)21-23-29-22-20-25-31(3,4)5/h1H,20-23,25H2,2-5H3. The second kappa shape index (κ2) is 16.4. The fraction of sp³-hybridized carbons (Fsp3) is 0.360. The van der Waals surface area contributed by atoms with Crippen molar-refractivity contribution in [3.63, 3.8) is 0 Å². The van der Waals surface area contributed by atoms with Crippen LogP contribution < -0.4 is 0 Å². The first kappa shape index (κ1) is 27.6. The van der Waals surface area contributed by atoms with E-state index in [1.165, 1.54) is 13.1 Å². The van der Waals surface area contributed by atoms with Gasteiger partial charge in [-0.1, -0.05) is 25.7 Å². The maximum absolute atomic E-state index is 12.0. The van der Waals surface area contributed by atoms with E-state index in [1.807, 2.05) is 0 Å². The summed E-state index contributed by atoms with van der Waals surface area (Å²) in [6, 6.07) is 1.19. The van der Waals surface area contributed by atoms with Gasteiger partial charge in [0.15, 0.2) is 0 Å². The number of sulfonamides is 1. The molecule has 0 N–H and O–H groups in total. The van der Waals surface area contributed by atoms with Crippen LogP contribution in [0.3, 0.4) is 0 Å². The molecule has 0 aromatic carbocycles. The van der Waals surface area contributed by atoms with Crippen LogP contribution in [-0.2, 0) is 14.8 Å². The van der Waals surface area contributed by atoms with E-state index in [-0.39, 0.29) is 6.54 Å². The number of nitrogens with zero attached hydrogens (tertiary/aromatic N) is 1. The Balaban J connectivity index is 4.44. The van der Waals surface area contributed by atoms with Crippen LogP contribution in [0.2, 0.25) is 25.7 Å². The lowest BCUT2D eigenvalue weighted by atomic mass is 10.5. The lowest BCUT2D eigenvalue weighted by molar-refractivity contribution is 0.127. The topological polar surface area (TPSA) is 46.6 Å². The van der Waals surface area contributed by atoms with Gasteiger partial charge in [-0.05, 0) is 77.5 Å². The van der Waals surface area contributed by atoms with Crippen molar-refractivity contribution in [2.75, 3.05) is 26.8 Å². The molecule has 0 aromatic rings. The summed E-state index contributed by atoms with van der Waals surface area (Å²) in [5.41, 5.74) is 0. The zero-order valence-electron chi connectivity index (χ0n) is 18.2. The molecule has 0 aliphatic heterocycles. The number of ether oxygens (including phenoxy) is 1. The minimum absolute atomic E-state index is 0.231. The molecule has 0 saturated carbocycles. The average molecular weight is 446 g/mol. The maximum atomic E-state index is 12.0. The van der Waals surface area contributed by atoms with Gasteiger partial charge in [0.2, 0.25) is 0 Å². The molecule has 31 heavy (non-hydrogen) atoms. The fourth-order valence-electron chi connectivity index (χ4n) is 1.67. The second-order valence-electron chi connectivity index (χ2n) is 6.97. The molecule has 0 heterocycles. The van der Waals surface area contributed by atoms with Crippen LogP contribution in [0.4, 0.5) is 0 Å². The highest BCUT2D eigenvalue weighted by Gasteiger charge is 2.14. The SMILES string of the molecule is C#CC#CC#CC#CC#CC#CC#CC#CS(=O)(=O)N(C)CCOCCC[Si](C)(C)C. The highest BCUT2D eigenvalue weighted by molar-refractivity contribution is 7.93. The molecular formula is C25H23NO3SSi. The molecule has 0 fully saturated rings. The molecule has 0 atom stereocenters.